The number of carbonyl (C=O) groups excluding carboxylic acids is 1. The van der Waals surface area contributed by atoms with Gasteiger partial charge in [0.1, 0.15) is 6.04 Å². The average Bonchev–Trinajstić information content (AvgIpc) is 2.87. The minimum Gasteiger partial charge on any atom is -0.480 e. The Bertz CT molecular complexity index is 1010. The molecule has 0 aromatic heterocycles. The Morgan fingerprint density at radius 3 is 2.60 bits per heavy atom. The minimum absolute atomic E-state index is 0.347. The third-order valence-corrected chi connectivity index (χ3v) is 7.60. The van der Waals surface area contributed by atoms with E-state index in [0.717, 1.165) is 34.6 Å². The SMILES string of the molecule is CSCCC(NC(=O)c1ccc(/C=C/CCCC2CCCCC2)cc1-c1ccccc1C)C(=O)O. The molecule has 5 heteroatoms. The fraction of sp³-hybridized carbons (Fsp3) is 0.467. The highest BCUT2D eigenvalue weighted by Gasteiger charge is 2.22. The number of unbranched alkanes of at least 4 members (excludes halogenated alkanes) is 1. The number of allylic oxidation sites excluding steroid dienone is 1. The average molecular weight is 494 g/mol. The van der Waals surface area contributed by atoms with Crippen molar-refractivity contribution in [3.8, 4) is 11.1 Å². The van der Waals surface area contributed by atoms with E-state index >= 15 is 0 Å². The summed E-state index contributed by atoms with van der Waals surface area (Å²) in [6.45, 7) is 2.03. The Morgan fingerprint density at radius 2 is 1.89 bits per heavy atom. The molecular formula is C30H39NO3S. The summed E-state index contributed by atoms with van der Waals surface area (Å²) in [4.78, 5) is 24.9. The zero-order valence-corrected chi connectivity index (χ0v) is 21.9. The summed E-state index contributed by atoms with van der Waals surface area (Å²) in [7, 11) is 0. The quantitative estimate of drug-likeness (QED) is 0.303. The van der Waals surface area contributed by atoms with Crippen molar-refractivity contribution in [1.82, 2.24) is 5.32 Å². The second kappa shape index (κ2) is 14.1. The van der Waals surface area contributed by atoms with E-state index in [4.69, 9.17) is 0 Å². The van der Waals surface area contributed by atoms with Gasteiger partial charge in [0.15, 0.2) is 0 Å². The Hall–Kier alpha value is -2.53. The molecule has 1 unspecified atom stereocenters. The summed E-state index contributed by atoms with van der Waals surface area (Å²) in [6, 6.07) is 12.9. The highest BCUT2D eigenvalue weighted by atomic mass is 32.2. The lowest BCUT2D eigenvalue weighted by molar-refractivity contribution is -0.139. The monoisotopic (exact) mass is 493 g/mol. The molecule has 3 rings (SSSR count). The maximum absolute atomic E-state index is 13.2. The first kappa shape index (κ1) is 27.1. The minimum atomic E-state index is -1.00. The standard InChI is InChI=1S/C30H39NO3S/c1-22-11-9-10-16-25(22)27-21-24(15-8-4-7-14-23-12-5-3-6-13-23)17-18-26(27)29(32)31-28(30(33)34)19-20-35-2/h8-11,15-18,21,23,28H,3-7,12-14,19-20H2,1-2H3,(H,31,32)(H,33,34)/b15-8+. The van der Waals surface area contributed by atoms with Crippen LogP contribution >= 0.6 is 11.8 Å². The van der Waals surface area contributed by atoms with Crippen LogP contribution in [0.1, 0.15) is 79.3 Å². The van der Waals surface area contributed by atoms with E-state index < -0.39 is 12.0 Å². The van der Waals surface area contributed by atoms with Gasteiger partial charge in [-0.25, -0.2) is 4.79 Å². The van der Waals surface area contributed by atoms with Gasteiger partial charge in [-0.3, -0.25) is 4.79 Å². The second-order valence-corrected chi connectivity index (χ2v) is 10.6. The van der Waals surface area contributed by atoms with E-state index in [1.165, 1.54) is 44.9 Å². The highest BCUT2D eigenvalue weighted by molar-refractivity contribution is 7.98. The summed E-state index contributed by atoms with van der Waals surface area (Å²) >= 11 is 1.57. The number of carbonyl (C=O) groups is 2. The smallest absolute Gasteiger partial charge is 0.326 e. The van der Waals surface area contributed by atoms with Gasteiger partial charge in [-0.15, -0.1) is 0 Å². The number of carboxylic acid groups (broad SMARTS) is 1. The molecule has 2 N–H and O–H groups in total. The second-order valence-electron chi connectivity index (χ2n) is 9.60. The van der Waals surface area contributed by atoms with Crippen molar-refractivity contribution >= 4 is 29.7 Å². The van der Waals surface area contributed by atoms with Crippen LogP contribution in [0.3, 0.4) is 0 Å². The van der Waals surface area contributed by atoms with E-state index in [1.54, 1.807) is 11.8 Å². The lowest BCUT2D eigenvalue weighted by Gasteiger charge is -2.20. The van der Waals surface area contributed by atoms with Crippen molar-refractivity contribution in [3.05, 3.63) is 65.2 Å². The number of aryl methyl sites for hydroxylation is 1. The third kappa shape index (κ3) is 8.28. The molecular weight excluding hydrogens is 454 g/mol. The maximum atomic E-state index is 13.2. The van der Waals surface area contributed by atoms with Gasteiger partial charge in [-0.05, 0) is 78.5 Å². The van der Waals surface area contributed by atoms with Crippen LogP contribution < -0.4 is 5.32 Å². The van der Waals surface area contributed by atoms with Crippen LogP contribution in [-0.4, -0.2) is 35.0 Å². The molecule has 2 aromatic carbocycles. The van der Waals surface area contributed by atoms with E-state index in [0.29, 0.717) is 17.7 Å². The highest BCUT2D eigenvalue weighted by Crippen LogP contribution is 2.30. The van der Waals surface area contributed by atoms with Gasteiger partial charge in [0.05, 0.1) is 0 Å². The van der Waals surface area contributed by atoms with Gasteiger partial charge in [0, 0.05) is 5.56 Å². The summed E-state index contributed by atoms with van der Waals surface area (Å²) < 4.78 is 0. The summed E-state index contributed by atoms with van der Waals surface area (Å²) in [5, 5.41) is 12.3. The zero-order valence-electron chi connectivity index (χ0n) is 21.1. The van der Waals surface area contributed by atoms with Crippen LogP contribution in [0.5, 0.6) is 0 Å². The molecule has 1 saturated carbocycles. The molecule has 0 bridgehead atoms. The van der Waals surface area contributed by atoms with E-state index in [1.807, 2.05) is 55.6 Å². The first-order chi connectivity index (χ1) is 17.0. The third-order valence-electron chi connectivity index (χ3n) is 6.96. The number of carboxylic acids is 1. The molecule has 4 nitrogen and oxygen atoms in total. The number of amides is 1. The molecule has 0 heterocycles. The number of nitrogens with one attached hydrogen (secondary N) is 1. The molecule has 1 atom stereocenters. The Labute approximate surface area is 214 Å². The van der Waals surface area contributed by atoms with Crippen LogP contribution in [0.4, 0.5) is 0 Å². The van der Waals surface area contributed by atoms with Crippen LogP contribution in [0.2, 0.25) is 0 Å². The van der Waals surface area contributed by atoms with Crippen molar-refractivity contribution in [2.45, 2.75) is 70.8 Å². The van der Waals surface area contributed by atoms with Crippen molar-refractivity contribution in [2.75, 3.05) is 12.0 Å². The molecule has 0 aliphatic heterocycles. The van der Waals surface area contributed by atoms with Crippen molar-refractivity contribution in [1.29, 1.82) is 0 Å². The molecule has 188 valence electrons. The summed E-state index contributed by atoms with van der Waals surface area (Å²) in [6.07, 6.45) is 17.3. The van der Waals surface area contributed by atoms with Gasteiger partial charge in [-0.1, -0.05) is 81.0 Å². The lowest BCUT2D eigenvalue weighted by Crippen LogP contribution is -2.41. The van der Waals surface area contributed by atoms with E-state index in [-0.39, 0.29) is 5.91 Å². The fourth-order valence-electron chi connectivity index (χ4n) is 4.91. The number of aliphatic carboxylic acids is 1. The number of thioether (sulfide) groups is 1. The molecule has 0 spiro atoms. The van der Waals surface area contributed by atoms with Gasteiger partial charge >= 0.3 is 5.97 Å². The summed E-state index contributed by atoms with van der Waals surface area (Å²) in [5.74, 6) is 0.234. The maximum Gasteiger partial charge on any atom is 0.326 e. The molecule has 35 heavy (non-hydrogen) atoms. The molecule has 1 aliphatic rings. The van der Waals surface area contributed by atoms with Crippen LogP contribution in [-0.2, 0) is 4.79 Å². The number of benzene rings is 2. The summed E-state index contributed by atoms with van der Waals surface area (Å²) in [5.41, 5.74) is 4.45. The number of hydrogen-bond acceptors (Lipinski definition) is 3. The van der Waals surface area contributed by atoms with E-state index in [9.17, 15) is 14.7 Å². The molecule has 1 amide bonds. The topological polar surface area (TPSA) is 66.4 Å². The lowest BCUT2D eigenvalue weighted by atomic mass is 9.86. The molecule has 1 fully saturated rings. The number of rotatable bonds is 12. The molecule has 2 aromatic rings. The van der Waals surface area contributed by atoms with Gasteiger partial charge in [0.2, 0.25) is 0 Å². The predicted octanol–water partition coefficient (Wildman–Crippen LogP) is 7.36. The molecule has 1 aliphatic carbocycles. The first-order valence-corrected chi connectivity index (χ1v) is 14.3. The first-order valence-electron chi connectivity index (χ1n) is 12.9. The Balaban J connectivity index is 1.76. The van der Waals surface area contributed by atoms with Crippen LogP contribution in [0.15, 0.2) is 48.5 Å². The zero-order chi connectivity index (χ0) is 25.0. The normalized spacial score (nSPS) is 15.3. The van der Waals surface area contributed by atoms with Crippen LogP contribution in [0.25, 0.3) is 17.2 Å². The van der Waals surface area contributed by atoms with Crippen molar-refractivity contribution in [3.63, 3.8) is 0 Å². The Kier molecular flexibility index (Phi) is 10.9. The number of hydrogen-bond donors (Lipinski definition) is 2. The van der Waals surface area contributed by atoms with Gasteiger partial charge in [0.25, 0.3) is 5.91 Å². The fourth-order valence-corrected chi connectivity index (χ4v) is 5.38. The van der Waals surface area contributed by atoms with Crippen LogP contribution in [0, 0.1) is 12.8 Å². The molecule has 0 radical (unpaired) electrons. The van der Waals surface area contributed by atoms with E-state index in [2.05, 4.69) is 17.5 Å². The largest absolute Gasteiger partial charge is 0.480 e. The predicted molar refractivity (Wildman–Crippen MR) is 148 cm³/mol. The van der Waals surface area contributed by atoms with Gasteiger partial charge in [-0.2, -0.15) is 11.8 Å². The Morgan fingerprint density at radius 1 is 1.11 bits per heavy atom. The molecule has 0 saturated heterocycles. The van der Waals surface area contributed by atoms with Crippen molar-refractivity contribution < 1.29 is 14.7 Å². The van der Waals surface area contributed by atoms with Gasteiger partial charge < -0.3 is 10.4 Å². The van der Waals surface area contributed by atoms with Crippen molar-refractivity contribution in [2.24, 2.45) is 5.92 Å².